The predicted octanol–water partition coefficient (Wildman–Crippen LogP) is 0.490. The molecule has 0 rings (SSSR count). The number of hydrogen-bond acceptors (Lipinski definition) is 6. The average Bonchev–Trinajstić information content (AvgIpc) is 2.27. The third-order valence-corrected chi connectivity index (χ3v) is 1.80. The van der Waals surface area contributed by atoms with Gasteiger partial charge >= 0.3 is 11.9 Å². The summed E-state index contributed by atoms with van der Waals surface area (Å²) in [5, 5.41) is 0. The molecule has 0 heterocycles. The van der Waals surface area contributed by atoms with Crippen molar-refractivity contribution in [1.82, 2.24) is 0 Å². The molecule has 0 aliphatic rings. The molecule has 0 bridgehead atoms. The molecule has 6 nitrogen and oxygen atoms in total. The zero-order valence-corrected chi connectivity index (χ0v) is 10.0. The molecule has 0 aromatic heterocycles. The van der Waals surface area contributed by atoms with Gasteiger partial charge in [-0.25, -0.2) is 4.79 Å². The second-order valence-electron chi connectivity index (χ2n) is 2.95. The Morgan fingerprint density at radius 3 is 2.25 bits per heavy atom. The number of rotatable bonds is 7. The maximum Gasteiger partial charge on any atom is 0.335 e. The van der Waals surface area contributed by atoms with E-state index in [1.54, 1.807) is 13.8 Å². The van der Waals surface area contributed by atoms with Gasteiger partial charge in [-0.1, -0.05) is 0 Å². The number of esters is 2. The van der Waals surface area contributed by atoms with Crippen LogP contribution in [-0.4, -0.2) is 45.2 Å². The van der Waals surface area contributed by atoms with E-state index in [2.05, 4.69) is 9.47 Å². The number of methoxy groups -OCH3 is 2. The largest absolute Gasteiger partial charge is 0.469 e. The lowest BCUT2D eigenvalue weighted by Gasteiger charge is -2.19. The maximum absolute atomic E-state index is 11.3. The van der Waals surface area contributed by atoms with Gasteiger partial charge in [-0.3, -0.25) is 4.79 Å². The number of ether oxygens (including phenoxy) is 4. The molecule has 0 aromatic carbocycles. The van der Waals surface area contributed by atoms with E-state index >= 15 is 0 Å². The minimum absolute atomic E-state index is 0.194. The first kappa shape index (κ1) is 14.9. The summed E-state index contributed by atoms with van der Waals surface area (Å²) in [6.45, 7) is 3.89. The van der Waals surface area contributed by atoms with Crippen LogP contribution in [0.4, 0.5) is 0 Å². The maximum atomic E-state index is 11.3. The highest BCUT2D eigenvalue weighted by atomic mass is 16.7. The second kappa shape index (κ2) is 8.06. The highest BCUT2D eigenvalue weighted by molar-refractivity contribution is 5.81. The Hall–Kier alpha value is -1.14. The lowest BCUT2D eigenvalue weighted by Crippen LogP contribution is -2.33. The van der Waals surface area contributed by atoms with Gasteiger partial charge in [-0.05, 0) is 13.8 Å². The molecule has 2 atom stereocenters. The summed E-state index contributed by atoms with van der Waals surface area (Å²) in [6.07, 6.45) is -1.78. The van der Waals surface area contributed by atoms with E-state index in [1.165, 1.54) is 14.2 Å². The van der Waals surface area contributed by atoms with E-state index in [1.807, 2.05) is 0 Å². The summed E-state index contributed by atoms with van der Waals surface area (Å²) in [5.41, 5.74) is 0. The highest BCUT2D eigenvalue weighted by Gasteiger charge is 2.26. The van der Waals surface area contributed by atoms with Gasteiger partial charge < -0.3 is 18.9 Å². The number of hydrogen-bond donors (Lipinski definition) is 0. The van der Waals surface area contributed by atoms with E-state index in [-0.39, 0.29) is 6.42 Å². The molecule has 0 saturated heterocycles. The van der Waals surface area contributed by atoms with Crippen LogP contribution in [0.3, 0.4) is 0 Å². The van der Waals surface area contributed by atoms with E-state index in [9.17, 15) is 9.59 Å². The van der Waals surface area contributed by atoms with Crippen molar-refractivity contribution >= 4 is 11.9 Å². The average molecular weight is 234 g/mol. The highest BCUT2D eigenvalue weighted by Crippen LogP contribution is 2.07. The molecule has 0 aromatic rings. The first-order valence-electron chi connectivity index (χ1n) is 4.96. The first-order valence-corrected chi connectivity index (χ1v) is 4.96. The van der Waals surface area contributed by atoms with Gasteiger partial charge in [-0.15, -0.1) is 0 Å². The van der Waals surface area contributed by atoms with Gasteiger partial charge in [0.05, 0.1) is 20.6 Å². The van der Waals surface area contributed by atoms with Crippen LogP contribution in [0.25, 0.3) is 0 Å². The quantitative estimate of drug-likeness (QED) is 0.471. The SMILES string of the molecule is CCO[C@H](C)O[C@@H](CC(=O)OC)C(=O)OC. The third kappa shape index (κ3) is 5.67. The topological polar surface area (TPSA) is 71.1 Å². The van der Waals surface area contributed by atoms with Crippen molar-refractivity contribution < 1.29 is 28.5 Å². The Bertz CT molecular complexity index is 227. The molecule has 0 fully saturated rings. The number of carbonyl (C=O) groups is 2. The standard InChI is InChI=1S/C10H18O6/c1-5-15-7(2)16-8(10(12)14-4)6-9(11)13-3/h7-8H,5-6H2,1-4H3/t7-,8-/m0/s1. The molecule has 6 heteroatoms. The van der Waals surface area contributed by atoms with Crippen molar-refractivity contribution in [3.8, 4) is 0 Å². The van der Waals surface area contributed by atoms with Crippen molar-refractivity contribution in [1.29, 1.82) is 0 Å². The molecule has 0 saturated carbocycles. The van der Waals surface area contributed by atoms with Crippen molar-refractivity contribution in [2.24, 2.45) is 0 Å². The molecular formula is C10H18O6. The minimum Gasteiger partial charge on any atom is -0.469 e. The summed E-state index contributed by atoms with van der Waals surface area (Å²) in [5.74, 6) is -1.17. The van der Waals surface area contributed by atoms with Crippen LogP contribution in [-0.2, 0) is 28.5 Å². The van der Waals surface area contributed by atoms with Crippen molar-refractivity contribution in [3.05, 3.63) is 0 Å². The molecule has 0 aliphatic carbocycles. The molecule has 0 aliphatic heterocycles. The van der Waals surface area contributed by atoms with Crippen LogP contribution < -0.4 is 0 Å². The first-order chi connectivity index (χ1) is 7.54. The molecule has 0 unspecified atom stereocenters. The fourth-order valence-corrected chi connectivity index (χ4v) is 1.06. The van der Waals surface area contributed by atoms with Gasteiger partial charge in [0.15, 0.2) is 12.4 Å². The zero-order valence-electron chi connectivity index (χ0n) is 10.0. The predicted molar refractivity (Wildman–Crippen MR) is 54.6 cm³/mol. The van der Waals surface area contributed by atoms with Crippen LogP contribution in [0.2, 0.25) is 0 Å². The molecular weight excluding hydrogens is 216 g/mol. The third-order valence-electron chi connectivity index (χ3n) is 1.80. The van der Waals surface area contributed by atoms with Crippen LogP contribution in [0.5, 0.6) is 0 Å². The van der Waals surface area contributed by atoms with Gasteiger partial charge in [-0.2, -0.15) is 0 Å². The summed E-state index contributed by atoms with van der Waals surface area (Å²) in [7, 11) is 2.46. The molecule has 16 heavy (non-hydrogen) atoms. The van der Waals surface area contributed by atoms with E-state index < -0.39 is 24.3 Å². The smallest absolute Gasteiger partial charge is 0.335 e. The Kier molecular flexibility index (Phi) is 7.49. The van der Waals surface area contributed by atoms with Crippen LogP contribution >= 0.6 is 0 Å². The van der Waals surface area contributed by atoms with E-state index in [4.69, 9.17) is 9.47 Å². The lowest BCUT2D eigenvalue weighted by molar-refractivity contribution is -0.189. The van der Waals surface area contributed by atoms with E-state index in [0.717, 1.165) is 0 Å². The summed E-state index contributed by atoms with van der Waals surface area (Å²) < 4.78 is 19.3. The van der Waals surface area contributed by atoms with Crippen molar-refractivity contribution in [2.45, 2.75) is 32.7 Å². The lowest BCUT2D eigenvalue weighted by atomic mass is 10.2. The normalized spacial score (nSPS) is 14.0. The van der Waals surface area contributed by atoms with Gasteiger partial charge in [0, 0.05) is 6.61 Å². The second-order valence-corrected chi connectivity index (χ2v) is 2.95. The van der Waals surface area contributed by atoms with Crippen LogP contribution in [0.1, 0.15) is 20.3 Å². The molecule has 0 spiro atoms. The van der Waals surface area contributed by atoms with Crippen molar-refractivity contribution in [3.63, 3.8) is 0 Å². The Morgan fingerprint density at radius 2 is 1.81 bits per heavy atom. The van der Waals surface area contributed by atoms with Crippen LogP contribution in [0.15, 0.2) is 0 Å². The molecule has 0 amide bonds. The number of carbonyl (C=O) groups excluding carboxylic acids is 2. The van der Waals surface area contributed by atoms with Gasteiger partial charge in [0.25, 0.3) is 0 Å². The Morgan fingerprint density at radius 1 is 1.19 bits per heavy atom. The van der Waals surface area contributed by atoms with E-state index in [0.29, 0.717) is 6.61 Å². The fraction of sp³-hybridized carbons (Fsp3) is 0.800. The Labute approximate surface area is 94.8 Å². The summed E-state index contributed by atoms with van der Waals surface area (Å²) in [6, 6.07) is 0. The molecule has 94 valence electrons. The Balaban J connectivity index is 4.31. The fourth-order valence-electron chi connectivity index (χ4n) is 1.06. The van der Waals surface area contributed by atoms with Gasteiger partial charge in [0.1, 0.15) is 0 Å². The molecule has 0 N–H and O–H groups in total. The van der Waals surface area contributed by atoms with Crippen molar-refractivity contribution in [2.75, 3.05) is 20.8 Å². The van der Waals surface area contributed by atoms with Gasteiger partial charge in [0.2, 0.25) is 0 Å². The monoisotopic (exact) mass is 234 g/mol. The van der Waals surface area contributed by atoms with Crippen LogP contribution in [0, 0.1) is 0 Å². The summed E-state index contributed by atoms with van der Waals surface area (Å²) in [4.78, 5) is 22.3. The summed E-state index contributed by atoms with van der Waals surface area (Å²) >= 11 is 0. The minimum atomic E-state index is -1.00. The molecule has 0 radical (unpaired) electrons. The zero-order chi connectivity index (χ0) is 12.6.